The number of urea groups is 2. The number of hydrogen-bond acceptors (Lipinski definition) is 8. The molecule has 6 amide bonds. The largest absolute Gasteiger partial charge is 0.508 e. The Balaban J connectivity index is 1.00. The van der Waals surface area contributed by atoms with E-state index in [0.717, 1.165) is 50.7 Å². The van der Waals surface area contributed by atoms with Gasteiger partial charge in [0.25, 0.3) is 0 Å². The Bertz CT molecular complexity index is 1270. The number of phenolic OH excluding ortho intramolecular Hbond substituents is 1. The van der Waals surface area contributed by atoms with Crippen LogP contribution in [0.15, 0.2) is 22.4 Å². The summed E-state index contributed by atoms with van der Waals surface area (Å²) in [6.07, 6.45) is 7.56. The molecule has 1 aliphatic carbocycles. The van der Waals surface area contributed by atoms with Crippen LogP contribution in [0.4, 0.5) is 9.59 Å². The third-order valence-corrected chi connectivity index (χ3v) is 10.3. The van der Waals surface area contributed by atoms with Crippen LogP contribution in [0.3, 0.4) is 0 Å². The molecule has 13 nitrogen and oxygen atoms in total. The quantitative estimate of drug-likeness (QED) is 0.128. The number of unbranched alkanes of at least 4 members (excludes halogenated alkanes) is 1. The lowest BCUT2D eigenvalue weighted by Crippen LogP contribution is -2.44. The third kappa shape index (κ3) is 8.76. The first kappa shape index (κ1) is 31.9. The van der Waals surface area contributed by atoms with Crippen molar-refractivity contribution in [3.8, 4) is 5.75 Å². The van der Waals surface area contributed by atoms with Gasteiger partial charge in [-0.05, 0) is 62.6 Å². The zero-order valence-corrected chi connectivity index (χ0v) is 26.1. The zero-order chi connectivity index (χ0) is 31.1. The molecular formula is C30H44N8O5S. The normalized spacial score (nSPS) is 22.3. The number of carbonyl (C=O) groups is 4. The number of nitrogens with one attached hydrogen (secondary N) is 5. The highest BCUT2D eigenvalue weighted by atomic mass is 32.2. The first-order valence-electron chi connectivity index (χ1n) is 15.7. The molecule has 6 N–H and O–H groups in total. The van der Waals surface area contributed by atoms with Crippen molar-refractivity contribution in [2.75, 3.05) is 31.9 Å². The lowest BCUT2D eigenvalue weighted by atomic mass is 9.90. The lowest BCUT2D eigenvalue weighted by molar-refractivity contribution is -0.136. The molecule has 0 radical (unpaired) electrons. The second kappa shape index (κ2) is 14.5. The highest BCUT2D eigenvalue weighted by Gasteiger charge is 2.42. The van der Waals surface area contributed by atoms with Gasteiger partial charge < -0.3 is 36.6 Å². The Morgan fingerprint density at radius 2 is 1.82 bits per heavy atom. The van der Waals surface area contributed by atoms with Crippen molar-refractivity contribution in [3.63, 3.8) is 0 Å². The number of thioether (sulfide) groups is 1. The predicted octanol–water partition coefficient (Wildman–Crippen LogP) is 2.31. The van der Waals surface area contributed by atoms with E-state index in [0.29, 0.717) is 23.8 Å². The second-order valence-electron chi connectivity index (χ2n) is 12.3. The van der Waals surface area contributed by atoms with Gasteiger partial charge in [-0.3, -0.25) is 9.59 Å². The first-order chi connectivity index (χ1) is 21.2. The SMILES string of the molecule is CC1(CCC(=O)N(CCCCC2SCC3NC(=O)NC32)CC(=O)NCCNC(=O)NCc2cc3c(cc2O)CCCC3)N=N1. The van der Waals surface area contributed by atoms with Gasteiger partial charge in [0, 0.05) is 55.6 Å². The zero-order valence-electron chi connectivity index (χ0n) is 25.3. The standard InChI is InChI=1S/C30H44N8O5S/c1-30(36-37-30)10-9-26(41)38(13-5-4-8-24-27-22(18-44-24)34-29(43)35-27)17-25(40)31-11-12-32-28(42)33-16-21-14-19-6-2-3-7-20(19)15-23(21)39/h14-15,22,24,27,39H,2-13,16-18H2,1H3,(H,31,40)(H2,32,33,42)(H2,34,35,43). The fourth-order valence-electron chi connectivity index (χ4n) is 6.08. The Kier molecular flexibility index (Phi) is 10.5. The van der Waals surface area contributed by atoms with Crippen LogP contribution >= 0.6 is 11.8 Å². The summed E-state index contributed by atoms with van der Waals surface area (Å²) < 4.78 is 0. The molecule has 4 aliphatic rings. The molecule has 3 heterocycles. The smallest absolute Gasteiger partial charge is 0.315 e. The van der Waals surface area contributed by atoms with Crippen molar-refractivity contribution in [2.45, 2.75) is 94.3 Å². The number of phenols is 1. The van der Waals surface area contributed by atoms with Crippen molar-refractivity contribution >= 4 is 35.6 Å². The maximum Gasteiger partial charge on any atom is 0.315 e. The summed E-state index contributed by atoms with van der Waals surface area (Å²) in [5.41, 5.74) is 2.62. The Morgan fingerprint density at radius 3 is 2.59 bits per heavy atom. The number of rotatable bonds is 15. The molecule has 14 heteroatoms. The first-order valence-corrected chi connectivity index (χ1v) is 16.8. The van der Waals surface area contributed by atoms with Crippen molar-refractivity contribution in [2.24, 2.45) is 10.2 Å². The summed E-state index contributed by atoms with van der Waals surface area (Å²) in [7, 11) is 0. The highest BCUT2D eigenvalue weighted by Crippen LogP contribution is 2.34. The monoisotopic (exact) mass is 628 g/mol. The van der Waals surface area contributed by atoms with E-state index in [9.17, 15) is 24.3 Å². The number of nitrogens with zero attached hydrogens (tertiary/aromatic N) is 3. The van der Waals surface area contributed by atoms with E-state index >= 15 is 0 Å². The van der Waals surface area contributed by atoms with Crippen molar-refractivity contribution in [3.05, 3.63) is 28.8 Å². The number of fused-ring (bicyclic) bond motifs is 2. The second-order valence-corrected chi connectivity index (χ2v) is 13.5. The van der Waals surface area contributed by atoms with E-state index in [1.165, 1.54) is 11.1 Å². The van der Waals surface area contributed by atoms with Gasteiger partial charge >= 0.3 is 12.1 Å². The molecular weight excluding hydrogens is 584 g/mol. The van der Waals surface area contributed by atoms with Crippen LogP contribution in [0.25, 0.3) is 0 Å². The number of hydrogen-bond donors (Lipinski definition) is 6. The van der Waals surface area contributed by atoms with Gasteiger partial charge in [-0.25, -0.2) is 9.59 Å². The van der Waals surface area contributed by atoms with Crippen molar-refractivity contribution < 1.29 is 24.3 Å². The number of amides is 6. The number of aromatic hydroxyl groups is 1. The van der Waals surface area contributed by atoms with Gasteiger partial charge in [0.1, 0.15) is 5.75 Å². The maximum absolute atomic E-state index is 13.0. The molecule has 0 saturated carbocycles. The van der Waals surface area contributed by atoms with Gasteiger partial charge in [-0.1, -0.05) is 12.5 Å². The molecule has 3 aliphatic heterocycles. The molecule has 240 valence electrons. The topological polar surface area (TPSA) is 177 Å². The summed E-state index contributed by atoms with van der Waals surface area (Å²) in [6.45, 7) is 2.92. The minimum atomic E-state index is -0.482. The summed E-state index contributed by atoms with van der Waals surface area (Å²) in [4.78, 5) is 51.3. The van der Waals surface area contributed by atoms with E-state index in [2.05, 4.69) is 36.8 Å². The van der Waals surface area contributed by atoms with Crippen LogP contribution in [0.1, 0.15) is 68.6 Å². The molecule has 2 saturated heterocycles. The van der Waals surface area contributed by atoms with Crippen LogP contribution in [0.5, 0.6) is 5.75 Å². The molecule has 5 rings (SSSR count). The molecule has 2 fully saturated rings. The van der Waals surface area contributed by atoms with Gasteiger partial charge in [-0.15, -0.1) is 0 Å². The van der Waals surface area contributed by atoms with Crippen LogP contribution < -0.4 is 26.6 Å². The lowest BCUT2D eigenvalue weighted by Gasteiger charge is -2.23. The summed E-state index contributed by atoms with van der Waals surface area (Å²) in [6, 6.07) is 3.62. The van der Waals surface area contributed by atoms with E-state index in [4.69, 9.17) is 0 Å². The Morgan fingerprint density at radius 1 is 1.07 bits per heavy atom. The fourth-order valence-corrected chi connectivity index (χ4v) is 7.62. The minimum absolute atomic E-state index is 0.0590. The summed E-state index contributed by atoms with van der Waals surface area (Å²) in [5.74, 6) is 0.699. The molecule has 3 unspecified atom stereocenters. The van der Waals surface area contributed by atoms with Gasteiger partial charge in [0.2, 0.25) is 11.8 Å². The molecule has 3 atom stereocenters. The van der Waals surface area contributed by atoms with Crippen molar-refractivity contribution in [1.29, 1.82) is 0 Å². The van der Waals surface area contributed by atoms with E-state index in [1.807, 2.05) is 24.8 Å². The van der Waals surface area contributed by atoms with E-state index < -0.39 is 11.7 Å². The third-order valence-electron chi connectivity index (χ3n) is 8.76. The Labute approximate surface area is 262 Å². The van der Waals surface area contributed by atoms with Gasteiger partial charge in [0.05, 0.1) is 18.6 Å². The molecule has 1 aromatic carbocycles. The average Bonchev–Trinajstić information content (AvgIpc) is 3.46. The van der Waals surface area contributed by atoms with Crippen LogP contribution in [-0.2, 0) is 29.0 Å². The minimum Gasteiger partial charge on any atom is -0.508 e. The fraction of sp³-hybridized carbons (Fsp3) is 0.667. The Hall–Kier alpha value is -3.55. The van der Waals surface area contributed by atoms with Crippen molar-refractivity contribution in [1.82, 2.24) is 31.5 Å². The van der Waals surface area contributed by atoms with E-state index in [-0.39, 0.29) is 68.3 Å². The van der Waals surface area contributed by atoms with Crippen LogP contribution in [0.2, 0.25) is 0 Å². The molecule has 1 aromatic rings. The van der Waals surface area contributed by atoms with Crippen LogP contribution in [0, 0.1) is 0 Å². The molecule has 44 heavy (non-hydrogen) atoms. The molecule has 0 bridgehead atoms. The average molecular weight is 629 g/mol. The predicted molar refractivity (Wildman–Crippen MR) is 166 cm³/mol. The van der Waals surface area contributed by atoms with Crippen LogP contribution in [-0.4, -0.2) is 88.8 Å². The summed E-state index contributed by atoms with van der Waals surface area (Å²) in [5, 5.41) is 32.9. The number of carbonyl (C=O) groups excluding carboxylic acids is 4. The van der Waals surface area contributed by atoms with Gasteiger partial charge in [0.15, 0.2) is 5.66 Å². The van der Waals surface area contributed by atoms with E-state index in [1.54, 1.807) is 11.0 Å². The molecule has 0 aromatic heterocycles. The number of benzene rings is 1. The number of aryl methyl sites for hydroxylation is 2. The molecule has 0 spiro atoms. The van der Waals surface area contributed by atoms with Gasteiger partial charge in [-0.2, -0.15) is 22.0 Å². The highest BCUT2D eigenvalue weighted by molar-refractivity contribution is 8.00. The summed E-state index contributed by atoms with van der Waals surface area (Å²) >= 11 is 1.86. The maximum atomic E-state index is 13.0.